The minimum Gasteiger partial charge on any atom is -0.444 e. The summed E-state index contributed by atoms with van der Waals surface area (Å²) in [6.45, 7) is 14.4. The first-order valence-electron chi connectivity index (χ1n) is 8.90. The van der Waals surface area contributed by atoms with Crippen LogP contribution in [0.3, 0.4) is 0 Å². The molecule has 0 unspecified atom stereocenters. The molecule has 6 heteroatoms. The highest BCUT2D eigenvalue weighted by atomic mass is 16.6. The number of hydrogen-bond acceptors (Lipinski definition) is 4. The number of nitrogens with zero attached hydrogens (tertiary/aromatic N) is 2. The fraction of sp³-hybridized carbons (Fsp3) is 0.889. The Morgan fingerprint density at radius 1 is 0.667 bits per heavy atom. The van der Waals surface area contributed by atoms with Gasteiger partial charge in [0.1, 0.15) is 11.2 Å². The minimum absolute atomic E-state index is 0.209. The molecule has 3 fully saturated rings. The first kappa shape index (κ1) is 17.4. The average molecular weight is 338 g/mol. The van der Waals surface area contributed by atoms with Crippen molar-refractivity contribution >= 4 is 12.2 Å². The summed E-state index contributed by atoms with van der Waals surface area (Å²) in [6.07, 6.45) is -0.419. The predicted octanol–water partition coefficient (Wildman–Crippen LogP) is 2.97. The topological polar surface area (TPSA) is 59.1 Å². The molecular weight excluding hydrogens is 308 g/mol. The van der Waals surface area contributed by atoms with E-state index in [0.29, 0.717) is 23.7 Å². The third-order valence-electron chi connectivity index (χ3n) is 5.23. The Bertz CT molecular complexity index is 458. The average Bonchev–Trinajstić information content (AvgIpc) is 2.91. The van der Waals surface area contributed by atoms with Gasteiger partial charge in [0.15, 0.2) is 0 Å². The van der Waals surface area contributed by atoms with E-state index in [2.05, 4.69) is 0 Å². The highest BCUT2D eigenvalue weighted by molar-refractivity contribution is 5.70. The van der Waals surface area contributed by atoms with Gasteiger partial charge in [0.25, 0.3) is 0 Å². The van der Waals surface area contributed by atoms with Crippen LogP contribution >= 0.6 is 0 Å². The van der Waals surface area contributed by atoms with Crippen LogP contribution in [0.4, 0.5) is 9.59 Å². The molecule has 0 atom stereocenters. The van der Waals surface area contributed by atoms with Crippen molar-refractivity contribution in [1.82, 2.24) is 9.80 Å². The van der Waals surface area contributed by atoms with Gasteiger partial charge < -0.3 is 19.3 Å². The van der Waals surface area contributed by atoms with E-state index < -0.39 is 11.2 Å². The number of rotatable bonds is 0. The quantitative estimate of drug-likeness (QED) is 0.681. The molecule has 136 valence electrons. The van der Waals surface area contributed by atoms with Gasteiger partial charge in [0.05, 0.1) is 0 Å². The van der Waals surface area contributed by atoms with Gasteiger partial charge in [-0.05, 0) is 65.2 Å². The molecule has 0 N–H and O–H groups in total. The molecule has 0 aromatic heterocycles. The third kappa shape index (κ3) is 3.33. The Balaban J connectivity index is 1.54. The zero-order valence-corrected chi connectivity index (χ0v) is 15.7. The van der Waals surface area contributed by atoms with E-state index in [0.717, 1.165) is 26.2 Å². The summed E-state index contributed by atoms with van der Waals surface area (Å²) in [7, 11) is 0. The van der Waals surface area contributed by atoms with Crippen LogP contribution in [0.2, 0.25) is 0 Å². The van der Waals surface area contributed by atoms with Crippen molar-refractivity contribution in [2.45, 2.75) is 52.7 Å². The molecule has 6 nitrogen and oxygen atoms in total. The van der Waals surface area contributed by atoms with E-state index in [-0.39, 0.29) is 12.2 Å². The van der Waals surface area contributed by atoms with Crippen molar-refractivity contribution in [2.75, 3.05) is 26.2 Å². The maximum Gasteiger partial charge on any atom is 0.410 e. The number of carbonyl (C=O) groups is 2. The van der Waals surface area contributed by atoms with E-state index in [4.69, 9.17) is 9.47 Å². The van der Waals surface area contributed by atoms with E-state index >= 15 is 0 Å². The van der Waals surface area contributed by atoms with Gasteiger partial charge in [-0.25, -0.2) is 9.59 Å². The highest BCUT2D eigenvalue weighted by Gasteiger charge is 2.59. The Kier molecular flexibility index (Phi) is 4.00. The van der Waals surface area contributed by atoms with E-state index in [9.17, 15) is 9.59 Å². The monoisotopic (exact) mass is 338 g/mol. The summed E-state index contributed by atoms with van der Waals surface area (Å²) in [5, 5.41) is 0. The molecule has 2 heterocycles. The molecule has 2 aliphatic heterocycles. The van der Waals surface area contributed by atoms with Gasteiger partial charge in [0.2, 0.25) is 0 Å². The highest BCUT2D eigenvalue weighted by Crippen LogP contribution is 2.54. The van der Waals surface area contributed by atoms with E-state index in [1.54, 1.807) is 0 Å². The molecule has 1 aliphatic carbocycles. The largest absolute Gasteiger partial charge is 0.444 e. The molecule has 3 rings (SSSR count). The zero-order valence-electron chi connectivity index (χ0n) is 15.7. The van der Waals surface area contributed by atoms with Crippen LogP contribution in [-0.4, -0.2) is 59.4 Å². The molecule has 0 aromatic carbocycles. The van der Waals surface area contributed by atoms with E-state index in [1.165, 1.54) is 0 Å². The molecule has 0 bridgehead atoms. The standard InChI is InChI=1S/C18H30N2O4/c1-17(2,3)23-15(21)19-7-11-12(8-19)14-10-20(9-13(11)14)16(22)24-18(4,5)6/h11-14H,7-10H2,1-6H3/t11-,12+,13+,14-. The van der Waals surface area contributed by atoms with Crippen molar-refractivity contribution in [2.24, 2.45) is 23.7 Å². The van der Waals surface area contributed by atoms with Crippen LogP contribution in [0, 0.1) is 23.7 Å². The fourth-order valence-electron chi connectivity index (χ4n) is 4.33. The second kappa shape index (κ2) is 5.53. The van der Waals surface area contributed by atoms with Crippen molar-refractivity contribution < 1.29 is 19.1 Å². The third-order valence-corrected chi connectivity index (χ3v) is 5.23. The molecule has 2 saturated heterocycles. The number of fused-ring (bicyclic) bond motifs is 4. The van der Waals surface area contributed by atoms with Crippen LogP contribution in [-0.2, 0) is 9.47 Å². The first-order chi connectivity index (χ1) is 10.9. The Labute approximate surface area is 144 Å². The maximum atomic E-state index is 12.2. The Morgan fingerprint density at radius 3 is 1.12 bits per heavy atom. The molecule has 24 heavy (non-hydrogen) atoms. The maximum absolute atomic E-state index is 12.2. The molecule has 0 spiro atoms. The van der Waals surface area contributed by atoms with Gasteiger partial charge >= 0.3 is 12.2 Å². The first-order valence-corrected chi connectivity index (χ1v) is 8.90. The van der Waals surface area contributed by atoms with Crippen molar-refractivity contribution in [3.63, 3.8) is 0 Å². The lowest BCUT2D eigenvalue weighted by Gasteiger charge is -2.42. The van der Waals surface area contributed by atoms with Crippen LogP contribution in [0.1, 0.15) is 41.5 Å². The van der Waals surface area contributed by atoms with Gasteiger partial charge in [0, 0.05) is 26.2 Å². The minimum atomic E-state index is -0.456. The number of hydrogen-bond donors (Lipinski definition) is 0. The molecule has 0 radical (unpaired) electrons. The SMILES string of the molecule is CC(C)(C)OC(=O)N1C[C@H]2[C@@H]3CN(C(=O)OC(C)(C)C)C[C@@H]3[C@H]2C1. The number of carbonyl (C=O) groups excluding carboxylic acids is 2. The molecular formula is C18H30N2O4. The van der Waals surface area contributed by atoms with Crippen LogP contribution in [0.15, 0.2) is 0 Å². The van der Waals surface area contributed by atoms with Crippen molar-refractivity contribution in [3.05, 3.63) is 0 Å². The summed E-state index contributed by atoms with van der Waals surface area (Å²) in [5.74, 6) is 1.98. The lowest BCUT2D eigenvalue weighted by atomic mass is 9.60. The van der Waals surface area contributed by atoms with E-state index in [1.807, 2.05) is 51.3 Å². The number of likely N-dealkylation sites (tertiary alicyclic amines) is 2. The second-order valence-electron chi connectivity index (χ2n) is 9.43. The molecule has 3 aliphatic rings. The van der Waals surface area contributed by atoms with Crippen LogP contribution in [0.25, 0.3) is 0 Å². The predicted molar refractivity (Wildman–Crippen MR) is 89.6 cm³/mol. The Morgan fingerprint density at radius 2 is 0.917 bits per heavy atom. The number of ether oxygens (including phenoxy) is 2. The lowest BCUT2D eigenvalue weighted by Crippen LogP contribution is -2.44. The summed E-state index contributed by atoms with van der Waals surface area (Å²) >= 11 is 0. The van der Waals surface area contributed by atoms with Gasteiger partial charge in [-0.15, -0.1) is 0 Å². The molecule has 0 aromatic rings. The van der Waals surface area contributed by atoms with Crippen molar-refractivity contribution in [1.29, 1.82) is 0 Å². The summed E-state index contributed by atoms with van der Waals surface area (Å²) in [6, 6.07) is 0. The van der Waals surface area contributed by atoms with Crippen LogP contribution in [0.5, 0.6) is 0 Å². The Hall–Kier alpha value is -1.46. The second-order valence-corrected chi connectivity index (χ2v) is 9.43. The van der Waals surface area contributed by atoms with Crippen molar-refractivity contribution in [3.8, 4) is 0 Å². The molecule has 2 amide bonds. The lowest BCUT2D eigenvalue weighted by molar-refractivity contribution is 0.0256. The summed E-state index contributed by atoms with van der Waals surface area (Å²) < 4.78 is 11.0. The smallest absolute Gasteiger partial charge is 0.410 e. The summed E-state index contributed by atoms with van der Waals surface area (Å²) in [4.78, 5) is 28.2. The molecule has 1 saturated carbocycles. The van der Waals surface area contributed by atoms with Gasteiger partial charge in [-0.3, -0.25) is 0 Å². The van der Waals surface area contributed by atoms with Gasteiger partial charge in [-0.1, -0.05) is 0 Å². The fourth-order valence-corrected chi connectivity index (χ4v) is 4.33. The number of amides is 2. The zero-order chi connectivity index (χ0) is 17.9. The van der Waals surface area contributed by atoms with Gasteiger partial charge in [-0.2, -0.15) is 0 Å². The normalized spacial score (nSPS) is 32.1. The summed E-state index contributed by atoms with van der Waals surface area (Å²) in [5.41, 5.74) is -0.912. The van der Waals surface area contributed by atoms with Crippen LogP contribution < -0.4 is 0 Å².